The summed E-state index contributed by atoms with van der Waals surface area (Å²) in [5, 5.41) is 4.76. The topological polar surface area (TPSA) is 34.1 Å². The Morgan fingerprint density at radius 2 is 2.20 bits per heavy atom. The minimum Gasteiger partial charge on any atom is -0.378 e. The van der Waals surface area contributed by atoms with Gasteiger partial charge in [-0.3, -0.25) is 0 Å². The molecule has 1 aliphatic heterocycles. The number of aromatic nitrogens is 1. The van der Waals surface area contributed by atoms with Gasteiger partial charge in [0.15, 0.2) is 0 Å². The molecule has 2 rings (SSSR count). The first-order valence-electron chi connectivity index (χ1n) is 7.82. The van der Waals surface area contributed by atoms with Crippen LogP contribution in [0.3, 0.4) is 0 Å². The van der Waals surface area contributed by atoms with Gasteiger partial charge >= 0.3 is 0 Å². The van der Waals surface area contributed by atoms with E-state index in [0.717, 1.165) is 26.1 Å². The maximum Gasteiger partial charge on any atom is 0.0957 e. The van der Waals surface area contributed by atoms with Gasteiger partial charge in [-0.05, 0) is 25.8 Å². The highest BCUT2D eigenvalue weighted by atomic mass is 32.1. The van der Waals surface area contributed by atoms with Crippen molar-refractivity contribution in [2.24, 2.45) is 0 Å². The Bertz CT molecular complexity index is 417. The maximum atomic E-state index is 5.74. The largest absolute Gasteiger partial charge is 0.378 e. The molecule has 1 unspecified atom stereocenters. The predicted octanol–water partition coefficient (Wildman–Crippen LogP) is 3.66. The van der Waals surface area contributed by atoms with Crippen LogP contribution in [0.5, 0.6) is 0 Å². The molecule has 3 nitrogen and oxygen atoms in total. The van der Waals surface area contributed by atoms with E-state index in [1.807, 2.05) is 11.3 Å². The molecule has 1 saturated heterocycles. The van der Waals surface area contributed by atoms with Crippen molar-refractivity contribution in [2.45, 2.75) is 71.4 Å². The fourth-order valence-electron chi connectivity index (χ4n) is 2.57. The van der Waals surface area contributed by atoms with Gasteiger partial charge in [-0.25, -0.2) is 4.98 Å². The second-order valence-electron chi connectivity index (χ2n) is 6.65. The highest BCUT2D eigenvalue weighted by molar-refractivity contribution is 7.11. The highest BCUT2D eigenvalue weighted by Crippen LogP contribution is 2.31. The fraction of sp³-hybridized carbons (Fsp3) is 0.812. The summed E-state index contributed by atoms with van der Waals surface area (Å²) >= 11 is 1.87. The molecule has 4 heteroatoms. The van der Waals surface area contributed by atoms with Crippen LogP contribution in [0.15, 0.2) is 0 Å². The number of hydrogen-bond donors (Lipinski definition) is 1. The summed E-state index contributed by atoms with van der Waals surface area (Å²) in [4.78, 5) is 6.32. The number of nitrogens with zero attached hydrogens (tertiary/aromatic N) is 1. The molecule has 0 radical (unpaired) electrons. The second kappa shape index (κ2) is 7.01. The van der Waals surface area contributed by atoms with Crippen molar-refractivity contribution in [3.05, 3.63) is 15.6 Å². The lowest BCUT2D eigenvalue weighted by Gasteiger charge is -2.17. The summed E-state index contributed by atoms with van der Waals surface area (Å²) in [7, 11) is 0. The Hall–Kier alpha value is -0.450. The molecule has 0 amide bonds. The normalized spacial score (nSPS) is 19.7. The lowest BCUT2D eigenvalue weighted by molar-refractivity contribution is 0.111. The maximum absolute atomic E-state index is 5.74. The SMILES string of the molecule is CCCNCc1sc(CC2CCCO2)nc1C(C)(C)C. The number of hydrogen-bond acceptors (Lipinski definition) is 4. The quantitative estimate of drug-likeness (QED) is 0.813. The molecule has 1 N–H and O–H groups in total. The molecule has 0 spiro atoms. The third-order valence-corrected chi connectivity index (χ3v) is 4.67. The Balaban J connectivity index is 2.08. The van der Waals surface area contributed by atoms with Gasteiger partial charge in [0, 0.05) is 29.9 Å². The summed E-state index contributed by atoms with van der Waals surface area (Å²) in [6.07, 6.45) is 4.94. The van der Waals surface area contributed by atoms with Gasteiger partial charge in [0.1, 0.15) is 0 Å². The second-order valence-corrected chi connectivity index (χ2v) is 7.81. The van der Waals surface area contributed by atoms with E-state index >= 15 is 0 Å². The van der Waals surface area contributed by atoms with Crippen molar-refractivity contribution >= 4 is 11.3 Å². The zero-order valence-corrected chi connectivity index (χ0v) is 14.1. The van der Waals surface area contributed by atoms with Crippen LogP contribution in [-0.2, 0) is 23.1 Å². The molecule has 1 atom stereocenters. The molecule has 1 aromatic heterocycles. The third kappa shape index (κ3) is 4.27. The van der Waals surface area contributed by atoms with Crippen LogP contribution in [0.1, 0.15) is 62.5 Å². The Kier molecular flexibility index (Phi) is 5.58. The summed E-state index contributed by atoms with van der Waals surface area (Å²) < 4.78 is 5.74. The molecule has 1 fully saturated rings. The number of thiazole rings is 1. The molecule has 1 aliphatic rings. The summed E-state index contributed by atoms with van der Waals surface area (Å²) in [6.45, 7) is 11.9. The van der Waals surface area contributed by atoms with Crippen molar-refractivity contribution in [1.29, 1.82) is 0 Å². The molecule has 20 heavy (non-hydrogen) atoms. The van der Waals surface area contributed by atoms with Crippen LogP contribution in [0.25, 0.3) is 0 Å². The van der Waals surface area contributed by atoms with E-state index in [-0.39, 0.29) is 5.41 Å². The summed E-state index contributed by atoms with van der Waals surface area (Å²) in [6, 6.07) is 0. The van der Waals surface area contributed by atoms with Crippen molar-refractivity contribution in [2.75, 3.05) is 13.2 Å². The number of nitrogens with one attached hydrogen (secondary N) is 1. The first kappa shape index (κ1) is 15.9. The standard InChI is InChI=1S/C16H28N2OS/c1-5-8-17-11-13-15(16(2,3)4)18-14(20-13)10-12-7-6-9-19-12/h12,17H,5-11H2,1-4H3. The number of rotatable bonds is 6. The monoisotopic (exact) mass is 296 g/mol. The molecule has 0 aromatic carbocycles. The van der Waals surface area contributed by atoms with E-state index < -0.39 is 0 Å². The first-order valence-corrected chi connectivity index (χ1v) is 8.63. The summed E-state index contributed by atoms with van der Waals surface area (Å²) in [5.74, 6) is 0. The molecule has 1 aromatic rings. The van der Waals surface area contributed by atoms with Gasteiger partial charge in [-0.2, -0.15) is 0 Å². The van der Waals surface area contributed by atoms with E-state index in [9.17, 15) is 0 Å². The zero-order valence-electron chi connectivity index (χ0n) is 13.3. The smallest absolute Gasteiger partial charge is 0.0957 e. The lowest BCUT2D eigenvalue weighted by Crippen LogP contribution is -2.19. The van der Waals surface area contributed by atoms with Crippen LogP contribution in [0, 0.1) is 0 Å². The van der Waals surface area contributed by atoms with Gasteiger partial charge < -0.3 is 10.1 Å². The van der Waals surface area contributed by atoms with Gasteiger partial charge in [0.05, 0.1) is 16.8 Å². The molecule has 0 bridgehead atoms. The fourth-order valence-corrected chi connectivity index (χ4v) is 3.89. The Morgan fingerprint density at radius 3 is 2.80 bits per heavy atom. The number of ether oxygens (including phenoxy) is 1. The molecule has 0 aliphatic carbocycles. The van der Waals surface area contributed by atoms with Crippen LogP contribution in [0.2, 0.25) is 0 Å². The predicted molar refractivity (Wildman–Crippen MR) is 85.5 cm³/mol. The van der Waals surface area contributed by atoms with Crippen molar-refractivity contribution < 1.29 is 4.74 Å². The van der Waals surface area contributed by atoms with E-state index in [1.165, 1.54) is 34.8 Å². The van der Waals surface area contributed by atoms with E-state index in [1.54, 1.807) is 0 Å². The van der Waals surface area contributed by atoms with Crippen molar-refractivity contribution in [3.8, 4) is 0 Å². The van der Waals surface area contributed by atoms with E-state index in [4.69, 9.17) is 9.72 Å². The van der Waals surface area contributed by atoms with Crippen LogP contribution in [-0.4, -0.2) is 24.2 Å². The van der Waals surface area contributed by atoms with Gasteiger partial charge in [0.25, 0.3) is 0 Å². The first-order chi connectivity index (χ1) is 9.50. The van der Waals surface area contributed by atoms with Gasteiger partial charge in [-0.1, -0.05) is 27.7 Å². The molecule has 2 heterocycles. The van der Waals surface area contributed by atoms with Crippen LogP contribution in [0.4, 0.5) is 0 Å². The van der Waals surface area contributed by atoms with Gasteiger partial charge in [0.2, 0.25) is 0 Å². The molecule has 0 saturated carbocycles. The van der Waals surface area contributed by atoms with Crippen LogP contribution >= 0.6 is 11.3 Å². The average molecular weight is 296 g/mol. The lowest BCUT2D eigenvalue weighted by atomic mass is 9.91. The zero-order chi connectivity index (χ0) is 14.6. The van der Waals surface area contributed by atoms with Crippen molar-refractivity contribution in [1.82, 2.24) is 10.3 Å². The third-order valence-electron chi connectivity index (χ3n) is 3.59. The minimum atomic E-state index is 0.120. The molecular weight excluding hydrogens is 268 g/mol. The van der Waals surface area contributed by atoms with Crippen molar-refractivity contribution in [3.63, 3.8) is 0 Å². The Labute approximate surface area is 127 Å². The highest BCUT2D eigenvalue weighted by Gasteiger charge is 2.25. The van der Waals surface area contributed by atoms with Crippen LogP contribution < -0.4 is 5.32 Å². The van der Waals surface area contributed by atoms with Gasteiger partial charge in [-0.15, -0.1) is 11.3 Å². The molecule has 114 valence electrons. The Morgan fingerprint density at radius 1 is 1.40 bits per heavy atom. The average Bonchev–Trinajstić information content (AvgIpc) is 2.99. The summed E-state index contributed by atoms with van der Waals surface area (Å²) in [5.41, 5.74) is 1.38. The van der Waals surface area contributed by atoms with E-state index in [0.29, 0.717) is 6.10 Å². The minimum absolute atomic E-state index is 0.120. The van der Waals surface area contributed by atoms with E-state index in [2.05, 4.69) is 33.0 Å². The molecular formula is C16H28N2OS.